The fourth-order valence-corrected chi connectivity index (χ4v) is 1.47. The highest BCUT2D eigenvalue weighted by molar-refractivity contribution is 5.94. The second-order valence-electron chi connectivity index (χ2n) is 3.80. The van der Waals surface area contributed by atoms with Crippen molar-refractivity contribution in [3.05, 3.63) is 29.8 Å². The van der Waals surface area contributed by atoms with Crippen molar-refractivity contribution in [1.82, 2.24) is 5.32 Å². The zero-order valence-corrected chi connectivity index (χ0v) is 10.6. The molecule has 17 heavy (non-hydrogen) atoms. The molecule has 1 amide bonds. The first-order valence-corrected chi connectivity index (χ1v) is 5.85. The standard InChI is InChI=1S/C13H20N2O2/c1-4-17-10(2)9-15-13(16)11-5-7-12(14-3)8-6-11/h5-8,10,14H,4,9H2,1-3H3,(H,15,16). The molecule has 0 heterocycles. The number of rotatable bonds is 6. The van der Waals surface area contributed by atoms with Crippen LogP contribution in [0.25, 0.3) is 0 Å². The molecule has 4 nitrogen and oxygen atoms in total. The Morgan fingerprint density at radius 1 is 1.35 bits per heavy atom. The van der Waals surface area contributed by atoms with Crippen molar-refractivity contribution in [3.63, 3.8) is 0 Å². The van der Waals surface area contributed by atoms with E-state index in [1.807, 2.05) is 33.0 Å². The summed E-state index contributed by atoms with van der Waals surface area (Å²) in [7, 11) is 1.85. The lowest BCUT2D eigenvalue weighted by Crippen LogP contribution is -2.32. The van der Waals surface area contributed by atoms with Gasteiger partial charge in [0.25, 0.3) is 5.91 Å². The molecule has 1 aromatic rings. The Kier molecular flexibility index (Phi) is 5.49. The van der Waals surface area contributed by atoms with Crippen LogP contribution in [0.3, 0.4) is 0 Å². The van der Waals surface area contributed by atoms with Gasteiger partial charge in [-0.1, -0.05) is 0 Å². The molecule has 0 aliphatic rings. The van der Waals surface area contributed by atoms with Gasteiger partial charge in [-0.25, -0.2) is 0 Å². The number of amides is 1. The Hall–Kier alpha value is -1.55. The first kappa shape index (κ1) is 13.5. The molecule has 0 radical (unpaired) electrons. The third-order valence-corrected chi connectivity index (χ3v) is 2.44. The van der Waals surface area contributed by atoms with Gasteiger partial charge >= 0.3 is 0 Å². The Bertz CT molecular complexity index is 349. The van der Waals surface area contributed by atoms with Gasteiger partial charge in [-0.05, 0) is 38.1 Å². The number of nitrogens with one attached hydrogen (secondary N) is 2. The fraction of sp³-hybridized carbons (Fsp3) is 0.462. The van der Waals surface area contributed by atoms with E-state index >= 15 is 0 Å². The summed E-state index contributed by atoms with van der Waals surface area (Å²) in [6.45, 7) is 5.07. The normalized spacial score (nSPS) is 11.9. The summed E-state index contributed by atoms with van der Waals surface area (Å²) in [4.78, 5) is 11.8. The lowest BCUT2D eigenvalue weighted by molar-refractivity contribution is 0.0695. The summed E-state index contributed by atoms with van der Waals surface area (Å²) in [5.74, 6) is -0.0702. The van der Waals surface area contributed by atoms with Gasteiger partial charge in [-0.3, -0.25) is 4.79 Å². The van der Waals surface area contributed by atoms with Gasteiger partial charge < -0.3 is 15.4 Å². The molecule has 94 valence electrons. The van der Waals surface area contributed by atoms with Crippen LogP contribution in [-0.2, 0) is 4.74 Å². The van der Waals surface area contributed by atoms with E-state index in [1.54, 1.807) is 12.1 Å². The molecule has 1 unspecified atom stereocenters. The summed E-state index contributed by atoms with van der Waals surface area (Å²) in [5, 5.41) is 5.85. The predicted molar refractivity (Wildman–Crippen MR) is 69.4 cm³/mol. The molecule has 0 bridgehead atoms. The minimum Gasteiger partial charge on any atom is -0.388 e. The van der Waals surface area contributed by atoms with E-state index < -0.39 is 0 Å². The van der Waals surface area contributed by atoms with Crippen LogP contribution in [0.15, 0.2) is 24.3 Å². The number of carbonyl (C=O) groups excluding carboxylic acids is 1. The molecule has 0 saturated carbocycles. The highest BCUT2D eigenvalue weighted by atomic mass is 16.5. The van der Waals surface area contributed by atoms with Crippen LogP contribution in [0.2, 0.25) is 0 Å². The molecule has 1 rings (SSSR count). The predicted octanol–water partition coefficient (Wildman–Crippen LogP) is 1.88. The average Bonchev–Trinajstić information content (AvgIpc) is 2.36. The lowest BCUT2D eigenvalue weighted by atomic mass is 10.2. The number of ether oxygens (including phenoxy) is 1. The van der Waals surface area contributed by atoms with E-state index in [1.165, 1.54) is 0 Å². The average molecular weight is 236 g/mol. The Morgan fingerprint density at radius 2 is 2.00 bits per heavy atom. The molecule has 0 saturated heterocycles. The van der Waals surface area contributed by atoms with Crippen LogP contribution in [0.5, 0.6) is 0 Å². The maximum absolute atomic E-state index is 11.8. The molecule has 0 aliphatic heterocycles. The Labute approximate surface area is 102 Å². The summed E-state index contributed by atoms with van der Waals surface area (Å²) in [5.41, 5.74) is 1.65. The zero-order chi connectivity index (χ0) is 12.7. The van der Waals surface area contributed by atoms with Crippen molar-refractivity contribution in [1.29, 1.82) is 0 Å². The third-order valence-electron chi connectivity index (χ3n) is 2.44. The maximum Gasteiger partial charge on any atom is 0.251 e. The molecule has 2 N–H and O–H groups in total. The Balaban J connectivity index is 2.46. The van der Waals surface area contributed by atoms with Crippen LogP contribution < -0.4 is 10.6 Å². The monoisotopic (exact) mass is 236 g/mol. The van der Waals surface area contributed by atoms with Crippen molar-refractivity contribution < 1.29 is 9.53 Å². The van der Waals surface area contributed by atoms with Gasteiger partial charge in [0.15, 0.2) is 0 Å². The molecule has 0 fully saturated rings. The first-order valence-electron chi connectivity index (χ1n) is 5.85. The van der Waals surface area contributed by atoms with Crippen LogP contribution >= 0.6 is 0 Å². The molecular weight excluding hydrogens is 216 g/mol. The van der Waals surface area contributed by atoms with Crippen molar-refractivity contribution in [3.8, 4) is 0 Å². The zero-order valence-electron chi connectivity index (χ0n) is 10.6. The van der Waals surface area contributed by atoms with Crippen LogP contribution in [0.1, 0.15) is 24.2 Å². The largest absolute Gasteiger partial charge is 0.388 e. The van der Waals surface area contributed by atoms with Crippen LogP contribution in [-0.4, -0.2) is 32.2 Å². The number of anilines is 1. The summed E-state index contributed by atoms with van der Waals surface area (Å²) in [6, 6.07) is 7.35. The van der Waals surface area contributed by atoms with Crippen LogP contribution in [0, 0.1) is 0 Å². The quantitative estimate of drug-likeness (QED) is 0.793. The third kappa shape index (κ3) is 4.44. The number of benzene rings is 1. The van der Waals surface area contributed by atoms with E-state index in [0.717, 1.165) is 5.69 Å². The van der Waals surface area contributed by atoms with Gasteiger partial charge in [0, 0.05) is 31.5 Å². The molecule has 0 aromatic heterocycles. The summed E-state index contributed by atoms with van der Waals surface area (Å²) >= 11 is 0. The van der Waals surface area contributed by atoms with Gasteiger partial charge in [-0.15, -0.1) is 0 Å². The number of hydrogen-bond acceptors (Lipinski definition) is 3. The highest BCUT2D eigenvalue weighted by Gasteiger charge is 2.07. The van der Waals surface area contributed by atoms with Gasteiger partial charge in [0.1, 0.15) is 0 Å². The minimum atomic E-state index is -0.0702. The topological polar surface area (TPSA) is 50.4 Å². The molecule has 0 spiro atoms. The highest BCUT2D eigenvalue weighted by Crippen LogP contribution is 2.08. The first-order chi connectivity index (χ1) is 8.17. The van der Waals surface area contributed by atoms with E-state index in [4.69, 9.17) is 4.74 Å². The Morgan fingerprint density at radius 3 is 2.53 bits per heavy atom. The van der Waals surface area contributed by atoms with Crippen molar-refractivity contribution in [2.75, 3.05) is 25.5 Å². The second-order valence-corrected chi connectivity index (χ2v) is 3.80. The summed E-state index contributed by atoms with van der Waals surface area (Å²) in [6.07, 6.45) is 0.0422. The van der Waals surface area contributed by atoms with Crippen molar-refractivity contribution in [2.45, 2.75) is 20.0 Å². The van der Waals surface area contributed by atoms with Gasteiger partial charge in [0.2, 0.25) is 0 Å². The van der Waals surface area contributed by atoms with E-state index in [0.29, 0.717) is 18.7 Å². The van der Waals surface area contributed by atoms with E-state index in [-0.39, 0.29) is 12.0 Å². The SMILES string of the molecule is CCOC(C)CNC(=O)c1ccc(NC)cc1. The summed E-state index contributed by atoms with van der Waals surface area (Å²) < 4.78 is 5.34. The van der Waals surface area contributed by atoms with E-state index in [9.17, 15) is 4.79 Å². The molecule has 4 heteroatoms. The minimum absolute atomic E-state index is 0.0422. The van der Waals surface area contributed by atoms with Crippen LogP contribution in [0.4, 0.5) is 5.69 Å². The van der Waals surface area contributed by atoms with E-state index in [2.05, 4.69) is 10.6 Å². The number of hydrogen-bond donors (Lipinski definition) is 2. The maximum atomic E-state index is 11.8. The molecule has 1 atom stereocenters. The van der Waals surface area contributed by atoms with Gasteiger partial charge in [0.05, 0.1) is 6.10 Å². The van der Waals surface area contributed by atoms with Crippen molar-refractivity contribution >= 4 is 11.6 Å². The molecule has 0 aliphatic carbocycles. The number of carbonyl (C=O) groups is 1. The molecular formula is C13H20N2O2. The lowest BCUT2D eigenvalue weighted by Gasteiger charge is -2.12. The van der Waals surface area contributed by atoms with Crippen molar-refractivity contribution in [2.24, 2.45) is 0 Å². The molecule has 1 aromatic carbocycles. The second kappa shape index (κ2) is 6.91. The fourth-order valence-electron chi connectivity index (χ4n) is 1.47. The smallest absolute Gasteiger partial charge is 0.251 e. The van der Waals surface area contributed by atoms with Gasteiger partial charge in [-0.2, -0.15) is 0 Å².